The Morgan fingerprint density at radius 1 is 1.27 bits per heavy atom. The topological polar surface area (TPSA) is 37.3 Å². The van der Waals surface area contributed by atoms with Gasteiger partial charge in [-0.25, -0.2) is 0 Å². The number of carbonyl (C=O) groups is 1. The number of halogens is 2. The molecule has 2 aliphatic carbocycles. The van der Waals surface area contributed by atoms with Crippen molar-refractivity contribution < 1.29 is 9.90 Å². The summed E-state index contributed by atoms with van der Waals surface area (Å²) < 4.78 is 0. The van der Waals surface area contributed by atoms with Crippen LogP contribution < -0.4 is 0 Å². The predicted molar refractivity (Wildman–Crippen MR) is 90.1 cm³/mol. The van der Waals surface area contributed by atoms with Gasteiger partial charge < -0.3 is 5.11 Å². The lowest BCUT2D eigenvalue weighted by Crippen LogP contribution is -2.35. The van der Waals surface area contributed by atoms with Gasteiger partial charge in [-0.2, -0.15) is 0 Å². The van der Waals surface area contributed by atoms with Gasteiger partial charge in [-0.15, -0.1) is 0 Å². The van der Waals surface area contributed by atoms with E-state index < -0.39 is 0 Å². The predicted octanol–water partition coefficient (Wildman–Crippen LogP) is 5.80. The molecule has 0 bridgehead atoms. The first-order valence-corrected chi connectivity index (χ1v) is 9.01. The number of phenolic OH excluding ortho intramolecular Hbond substituents is 1. The molecular weight excluding hydrogens is 319 g/mol. The first kappa shape index (κ1) is 16.1. The van der Waals surface area contributed by atoms with E-state index in [1.807, 2.05) is 0 Å². The molecule has 1 N–H and O–H groups in total. The number of hydrogen-bond donors (Lipinski definition) is 1. The van der Waals surface area contributed by atoms with Crippen LogP contribution in [0.25, 0.3) is 0 Å². The molecule has 0 radical (unpaired) electrons. The molecular formula is C18H22Cl2O2. The monoisotopic (exact) mass is 340 g/mol. The van der Waals surface area contributed by atoms with Crippen molar-refractivity contribution in [2.75, 3.05) is 0 Å². The second kappa shape index (κ2) is 6.05. The molecule has 22 heavy (non-hydrogen) atoms. The molecule has 0 aromatic heterocycles. The molecule has 1 aromatic rings. The maximum atomic E-state index is 13.3. The zero-order valence-electron chi connectivity index (χ0n) is 12.9. The number of rotatable bonds is 4. The van der Waals surface area contributed by atoms with Gasteiger partial charge in [0.05, 0.1) is 5.02 Å². The maximum Gasteiger partial charge on any atom is 0.171 e. The second-order valence-corrected chi connectivity index (χ2v) is 7.56. The summed E-state index contributed by atoms with van der Waals surface area (Å²) in [5.74, 6) is 0.585. The van der Waals surface area contributed by atoms with E-state index in [9.17, 15) is 9.90 Å². The summed E-state index contributed by atoms with van der Waals surface area (Å²) in [5, 5.41) is 10.3. The number of ketones is 1. The second-order valence-electron chi connectivity index (χ2n) is 6.80. The minimum absolute atomic E-state index is 0.0177. The van der Waals surface area contributed by atoms with Gasteiger partial charge in [-0.3, -0.25) is 4.79 Å². The van der Waals surface area contributed by atoms with Gasteiger partial charge in [0, 0.05) is 11.0 Å². The molecule has 0 heterocycles. The van der Waals surface area contributed by atoms with Crippen LogP contribution in [0.15, 0.2) is 6.07 Å². The Morgan fingerprint density at radius 2 is 1.95 bits per heavy atom. The Hall–Kier alpha value is -0.730. The highest BCUT2D eigenvalue weighted by atomic mass is 35.5. The third-order valence-electron chi connectivity index (χ3n) is 5.57. The van der Waals surface area contributed by atoms with Crippen LogP contribution in [0.2, 0.25) is 10.0 Å². The van der Waals surface area contributed by atoms with Gasteiger partial charge in [-0.05, 0) is 43.2 Å². The summed E-state index contributed by atoms with van der Waals surface area (Å²) >= 11 is 12.3. The van der Waals surface area contributed by atoms with E-state index in [-0.39, 0.29) is 27.0 Å². The molecule has 1 aromatic carbocycles. The van der Waals surface area contributed by atoms with Crippen molar-refractivity contribution in [3.63, 3.8) is 0 Å². The van der Waals surface area contributed by atoms with Crippen LogP contribution >= 0.6 is 23.2 Å². The Balaban J connectivity index is 2.06. The number of benzene rings is 1. The molecule has 2 aliphatic rings. The minimum atomic E-state index is -0.324. The third kappa shape index (κ3) is 2.35. The van der Waals surface area contributed by atoms with Gasteiger partial charge in [-0.1, -0.05) is 55.8 Å². The summed E-state index contributed by atoms with van der Waals surface area (Å²) in [6.07, 6.45) is 8.42. The summed E-state index contributed by atoms with van der Waals surface area (Å²) in [6, 6.07) is 1.64. The van der Waals surface area contributed by atoms with E-state index in [0.29, 0.717) is 17.9 Å². The number of hydrogen-bond acceptors (Lipinski definition) is 2. The summed E-state index contributed by atoms with van der Waals surface area (Å²) in [4.78, 5) is 13.3. The molecule has 2 nitrogen and oxygen atoms in total. The fraction of sp³-hybridized carbons (Fsp3) is 0.611. The number of aromatic hydroxyl groups is 1. The molecule has 0 aliphatic heterocycles. The van der Waals surface area contributed by atoms with E-state index in [2.05, 4.69) is 6.92 Å². The van der Waals surface area contributed by atoms with Crippen molar-refractivity contribution in [1.82, 2.24) is 0 Å². The van der Waals surface area contributed by atoms with Gasteiger partial charge in [0.15, 0.2) is 5.78 Å². The van der Waals surface area contributed by atoms with Crippen molar-refractivity contribution in [2.45, 2.75) is 58.3 Å². The average Bonchev–Trinajstić information content (AvgIpc) is 3.11. The molecule has 4 heteroatoms. The van der Waals surface area contributed by atoms with Crippen molar-refractivity contribution in [1.29, 1.82) is 0 Å². The van der Waals surface area contributed by atoms with E-state index in [4.69, 9.17) is 23.2 Å². The molecule has 0 saturated heterocycles. The summed E-state index contributed by atoms with van der Waals surface area (Å²) in [5.41, 5.74) is 1.11. The van der Waals surface area contributed by atoms with Crippen LogP contribution in [0.5, 0.6) is 5.75 Å². The van der Waals surface area contributed by atoms with Crippen molar-refractivity contribution in [2.24, 2.45) is 11.3 Å². The van der Waals surface area contributed by atoms with E-state index in [1.165, 1.54) is 12.8 Å². The Kier molecular flexibility index (Phi) is 4.44. The number of Topliss-reactive ketones (excluding diaryl/α,β-unsaturated/α-hetero) is 1. The lowest BCUT2D eigenvalue weighted by Gasteiger charge is -2.34. The quantitative estimate of drug-likeness (QED) is 0.751. The molecule has 0 spiro atoms. The lowest BCUT2D eigenvalue weighted by atomic mass is 9.68. The molecule has 0 unspecified atom stereocenters. The van der Waals surface area contributed by atoms with Crippen molar-refractivity contribution in [3.8, 4) is 5.75 Å². The summed E-state index contributed by atoms with van der Waals surface area (Å²) in [6.45, 7) is 2.16. The molecule has 1 fully saturated rings. The Bertz CT molecular complexity index is 606. The summed E-state index contributed by atoms with van der Waals surface area (Å²) in [7, 11) is 0. The first-order valence-electron chi connectivity index (χ1n) is 8.26. The van der Waals surface area contributed by atoms with Crippen LogP contribution in [-0.4, -0.2) is 10.9 Å². The van der Waals surface area contributed by atoms with Crippen LogP contribution in [0.3, 0.4) is 0 Å². The normalized spacial score (nSPS) is 25.0. The van der Waals surface area contributed by atoms with Crippen molar-refractivity contribution >= 4 is 29.0 Å². The van der Waals surface area contributed by atoms with Gasteiger partial charge in [0.25, 0.3) is 0 Å². The SMILES string of the molecule is CCCC[C@@]1(C2CCCC2)Cc2cc(O)c(Cl)c(Cl)c2C1=O. The van der Waals surface area contributed by atoms with E-state index in [1.54, 1.807) is 6.07 Å². The lowest BCUT2D eigenvalue weighted by molar-refractivity contribution is 0.0671. The fourth-order valence-corrected chi connectivity index (χ4v) is 4.88. The van der Waals surface area contributed by atoms with Crippen LogP contribution in [0.4, 0.5) is 0 Å². The smallest absolute Gasteiger partial charge is 0.171 e. The van der Waals surface area contributed by atoms with Gasteiger partial charge >= 0.3 is 0 Å². The highest BCUT2D eigenvalue weighted by Gasteiger charge is 2.51. The third-order valence-corrected chi connectivity index (χ3v) is 6.42. The highest BCUT2D eigenvalue weighted by molar-refractivity contribution is 6.45. The zero-order chi connectivity index (χ0) is 15.9. The molecule has 1 saturated carbocycles. The zero-order valence-corrected chi connectivity index (χ0v) is 14.4. The first-order chi connectivity index (χ1) is 10.5. The maximum absolute atomic E-state index is 13.3. The fourth-order valence-electron chi connectivity index (χ4n) is 4.42. The average molecular weight is 341 g/mol. The van der Waals surface area contributed by atoms with Gasteiger partial charge in [0.1, 0.15) is 10.8 Å². The number of fused-ring (bicyclic) bond motifs is 1. The number of unbranched alkanes of at least 4 members (excludes halogenated alkanes) is 1. The van der Waals surface area contributed by atoms with Crippen LogP contribution in [0.1, 0.15) is 67.8 Å². The highest BCUT2D eigenvalue weighted by Crippen LogP contribution is 2.54. The van der Waals surface area contributed by atoms with Crippen molar-refractivity contribution in [3.05, 3.63) is 27.2 Å². The largest absolute Gasteiger partial charge is 0.506 e. The standard InChI is InChI=1S/C18H22Cl2O2/c1-2-3-8-18(12-6-4-5-7-12)10-11-9-13(21)15(19)16(20)14(11)17(18)22/h9,12,21H,2-8,10H2,1H3/t18-/m0/s1. The van der Waals surface area contributed by atoms with Crippen LogP contribution in [-0.2, 0) is 6.42 Å². The molecule has 3 rings (SSSR count). The number of carbonyl (C=O) groups excluding carboxylic acids is 1. The minimum Gasteiger partial charge on any atom is -0.506 e. The van der Waals surface area contributed by atoms with E-state index in [0.717, 1.165) is 37.7 Å². The number of phenols is 1. The molecule has 0 amide bonds. The molecule has 120 valence electrons. The van der Waals surface area contributed by atoms with E-state index >= 15 is 0 Å². The Morgan fingerprint density at radius 3 is 2.59 bits per heavy atom. The van der Waals surface area contributed by atoms with Crippen LogP contribution in [0, 0.1) is 11.3 Å². The Labute approximate surface area is 141 Å². The molecule has 1 atom stereocenters. The van der Waals surface area contributed by atoms with Gasteiger partial charge in [0.2, 0.25) is 0 Å².